The molecule has 0 aromatic heterocycles. The van der Waals surface area contributed by atoms with E-state index in [1.54, 1.807) is 6.08 Å². The Bertz CT molecular complexity index is 236. The number of aldehydes is 1. The van der Waals surface area contributed by atoms with Gasteiger partial charge in [-0.2, -0.15) is 0 Å². The molecule has 17 heavy (non-hydrogen) atoms. The molecule has 0 radical (unpaired) electrons. The van der Waals surface area contributed by atoms with E-state index in [1.165, 1.54) is 51.0 Å². The molecule has 0 fully saturated rings. The normalized spacial score (nSPS) is 12.1. The molecular formula is C16H26O. The first-order valence-corrected chi connectivity index (χ1v) is 6.85. The Hall–Kier alpha value is -1.11. The number of allylic oxidation sites excluding steroid dienone is 6. The molecule has 0 spiro atoms. The Morgan fingerprint density at radius 3 is 2.00 bits per heavy atom. The Morgan fingerprint density at radius 2 is 1.29 bits per heavy atom. The van der Waals surface area contributed by atoms with Gasteiger partial charge in [0.25, 0.3) is 0 Å². The van der Waals surface area contributed by atoms with Crippen molar-refractivity contribution in [3.05, 3.63) is 36.5 Å². The third kappa shape index (κ3) is 14.9. The van der Waals surface area contributed by atoms with Crippen LogP contribution in [0.1, 0.15) is 58.3 Å². The molecule has 0 amide bonds. The van der Waals surface area contributed by atoms with Gasteiger partial charge >= 0.3 is 0 Å². The highest BCUT2D eigenvalue weighted by Gasteiger charge is 1.88. The summed E-state index contributed by atoms with van der Waals surface area (Å²) in [6.45, 7) is 2.25. The van der Waals surface area contributed by atoms with Crippen molar-refractivity contribution in [1.82, 2.24) is 0 Å². The Morgan fingerprint density at radius 1 is 0.706 bits per heavy atom. The maximum absolute atomic E-state index is 9.97. The van der Waals surface area contributed by atoms with Gasteiger partial charge in [-0.15, -0.1) is 0 Å². The lowest BCUT2D eigenvalue weighted by atomic mass is 10.1. The number of carbonyl (C=O) groups excluding carboxylic acids is 1. The largest absolute Gasteiger partial charge is 0.299 e. The third-order valence-electron chi connectivity index (χ3n) is 2.63. The molecule has 0 bridgehead atoms. The molecule has 0 aliphatic heterocycles. The summed E-state index contributed by atoms with van der Waals surface area (Å²) in [5.74, 6) is 0. The van der Waals surface area contributed by atoms with Crippen LogP contribution in [-0.2, 0) is 4.79 Å². The summed E-state index contributed by atoms with van der Waals surface area (Å²) in [6, 6.07) is 0. The molecule has 1 nitrogen and oxygen atoms in total. The molecule has 0 aromatic carbocycles. The minimum Gasteiger partial charge on any atom is -0.299 e. The summed E-state index contributed by atoms with van der Waals surface area (Å²) in [6.07, 6.45) is 22.8. The van der Waals surface area contributed by atoms with E-state index in [4.69, 9.17) is 0 Å². The van der Waals surface area contributed by atoms with E-state index in [9.17, 15) is 4.79 Å². The molecule has 0 N–H and O–H groups in total. The number of hydrogen-bond acceptors (Lipinski definition) is 1. The third-order valence-corrected chi connectivity index (χ3v) is 2.63. The van der Waals surface area contributed by atoms with Gasteiger partial charge in [0.15, 0.2) is 0 Å². The average molecular weight is 234 g/mol. The van der Waals surface area contributed by atoms with E-state index in [2.05, 4.69) is 13.0 Å². The van der Waals surface area contributed by atoms with Crippen LogP contribution in [0.3, 0.4) is 0 Å². The first-order chi connectivity index (χ1) is 8.41. The highest BCUT2D eigenvalue weighted by atomic mass is 16.1. The zero-order valence-corrected chi connectivity index (χ0v) is 11.1. The predicted octanol–water partition coefficient (Wildman–Crippen LogP) is 4.99. The van der Waals surface area contributed by atoms with Crippen LogP contribution in [0.2, 0.25) is 0 Å². The van der Waals surface area contributed by atoms with Crippen LogP contribution in [0.25, 0.3) is 0 Å². The Kier molecular flexibility index (Phi) is 13.9. The molecule has 0 aliphatic carbocycles. The fourth-order valence-corrected chi connectivity index (χ4v) is 1.63. The van der Waals surface area contributed by atoms with Crippen LogP contribution >= 0.6 is 0 Å². The SMILES string of the molecule is CCCCCCCCCC=CC=C/C=C/C=O. The van der Waals surface area contributed by atoms with E-state index >= 15 is 0 Å². The van der Waals surface area contributed by atoms with Crippen molar-refractivity contribution in [3.63, 3.8) is 0 Å². The second-order valence-corrected chi connectivity index (χ2v) is 4.24. The van der Waals surface area contributed by atoms with Crippen LogP contribution in [0.5, 0.6) is 0 Å². The van der Waals surface area contributed by atoms with Crippen molar-refractivity contribution in [2.45, 2.75) is 58.3 Å². The van der Waals surface area contributed by atoms with E-state index in [1.807, 2.05) is 18.2 Å². The highest BCUT2D eigenvalue weighted by Crippen LogP contribution is 2.08. The second-order valence-electron chi connectivity index (χ2n) is 4.24. The summed E-state index contributed by atoms with van der Waals surface area (Å²) in [7, 11) is 0. The van der Waals surface area contributed by atoms with E-state index in [-0.39, 0.29) is 0 Å². The Labute approximate surface area is 106 Å². The molecule has 0 aliphatic rings. The van der Waals surface area contributed by atoms with Crippen molar-refractivity contribution >= 4 is 6.29 Å². The van der Waals surface area contributed by atoms with Crippen LogP contribution < -0.4 is 0 Å². The van der Waals surface area contributed by atoms with Gasteiger partial charge in [-0.05, 0) is 18.9 Å². The van der Waals surface area contributed by atoms with Gasteiger partial charge in [-0.3, -0.25) is 4.79 Å². The van der Waals surface area contributed by atoms with Crippen molar-refractivity contribution in [1.29, 1.82) is 0 Å². The maximum Gasteiger partial charge on any atom is 0.142 e. The lowest BCUT2D eigenvalue weighted by Gasteiger charge is -1.98. The van der Waals surface area contributed by atoms with Gasteiger partial charge in [-0.25, -0.2) is 0 Å². The van der Waals surface area contributed by atoms with Gasteiger partial charge in [0.2, 0.25) is 0 Å². The highest BCUT2D eigenvalue weighted by molar-refractivity contribution is 5.65. The van der Waals surface area contributed by atoms with Crippen molar-refractivity contribution in [2.75, 3.05) is 0 Å². The van der Waals surface area contributed by atoms with Crippen molar-refractivity contribution in [2.24, 2.45) is 0 Å². The zero-order chi connectivity index (χ0) is 12.6. The number of rotatable bonds is 11. The van der Waals surface area contributed by atoms with Gasteiger partial charge in [0.1, 0.15) is 6.29 Å². The molecule has 0 saturated heterocycles. The first kappa shape index (κ1) is 15.9. The zero-order valence-electron chi connectivity index (χ0n) is 11.1. The molecule has 0 atom stereocenters. The minimum absolute atomic E-state index is 0.784. The van der Waals surface area contributed by atoms with Crippen LogP contribution in [0.15, 0.2) is 36.5 Å². The monoisotopic (exact) mass is 234 g/mol. The van der Waals surface area contributed by atoms with Gasteiger partial charge in [0.05, 0.1) is 0 Å². The van der Waals surface area contributed by atoms with Crippen LogP contribution in [-0.4, -0.2) is 6.29 Å². The lowest BCUT2D eigenvalue weighted by molar-refractivity contribution is -0.104. The molecule has 0 aromatic rings. The van der Waals surface area contributed by atoms with E-state index in [0.717, 1.165) is 12.7 Å². The fourth-order valence-electron chi connectivity index (χ4n) is 1.63. The van der Waals surface area contributed by atoms with E-state index in [0.29, 0.717) is 0 Å². The maximum atomic E-state index is 9.97. The molecule has 1 heteroatoms. The summed E-state index contributed by atoms with van der Waals surface area (Å²) < 4.78 is 0. The molecule has 96 valence electrons. The summed E-state index contributed by atoms with van der Waals surface area (Å²) in [5.41, 5.74) is 0. The number of hydrogen-bond donors (Lipinski definition) is 0. The summed E-state index contributed by atoms with van der Waals surface area (Å²) in [5, 5.41) is 0. The Balaban J connectivity index is 3.21. The first-order valence-electron chi connectivity index (χ1n) is 6.85. The fraction of sp³-hybridized carbons (Fsp3) is 0.562. The predicted molar refractivity (Wildman–Crippen MR) is 76.1 cm³/mol. The minimum atomic E-state index is 0.784. The summed E-state index contributed by atoms with van der Waals surface area (Å²) >= 11 is 0. The van der Waals surface area contributed by atoms with Crippen molar-refractivity contribution in [3.8, 4) is 0 Å². The molecule has 0 rings (SSSR count). The second kappa shape index (κ2) is 14.9. The van der Waals surface area contributed by atoms with Crippen LogP contribution in [0.4, 0.5) is 0 Å². The topological polar surface area (TPSA) is 17.1 Å². The van der Waals surface area contributed by atoms with Gasteiger partial charge in [-0.1, -0.05) is 75.8 Å². The number of carbonyl (C=O) groups is 1. The molecular weight excluding hydrogens is 208 g/mol. The standard InChI is InChI=1S/C16H26O/c1-2-3-4-5-6-7-8-9-10-11-12-13-14-15-16-17/h10-16H,2-9H2,1H3/b11-10?,13-12?,15-14+. The smallest absolute Gasteiger partial charge is 0.142 e. The quantitative estimate of drug-likeness (QED) is 0.213. The van der Waals surface area contributed by atoms with Crippen LogP contribution in [0, 0.1) is 0 Å². The molecule has 0 saturated carbocycles. The average Bonchev–Trinajstić information content (AvgIpc) is 2.35. The van der Waals surface area contributed by atoms with Gasteiger partial charge < -0.3 is 0 Å². The number of unbranched alkanes of at least 4 members (excludes halogenated alkanes) is 7. The molecule has 0 heterocycles. The lowest BCUT2D eigenvalue weighted by Crippen LogP contribution is -1.78. The van der Waals surface area contributed by atoms with Gasteiger partial charge in [0, 0.05) is 0 Å². The van der Waals surface area contributed by atoms with E-state index < -0.39 is 0 Å². The molecule has 0 unspecified atom stereocenters. The van der Waals surface area contributed by atoms with Crippen molar-refractivity contribution < 1.29 is 4.79 Å². The summed E-state index contributed by atoms with van der Waals surface area (Å²) in [4.78, 5) is 9.97.